The molecule has 0 radical (unpaired) electrons. The molecule has 0 atom stereocenters. The van der Waals surface area contributed by atoms with Gasteiger partial charge in [0.15, 0.2) is 5.69 Å². The number of nitrogens with zero attached hydrogens (tertiary/aromatic N) is 1. The Bertz CT molecular complexity index is 694. The van der Waals surface area contributed by atoms with Crippen LogP contribution < -0.4 is 16.0 Å². The Labute approximate surface area is 107 Å². The van der Waals surface area contributed by atoms with E-state index in [1.165, 1.54) is 12.1 Å². The molecule has 0 amide bonds. The summed E-state index contributed by atoms with van der Waals surface area (Å²) in [5, 5.41) is 8.91. The summed E-state index contributed by atoms with van der Waals surface area (Å²) < 4.78 is 5.39. The molecule has 0 saturated carbocycles. The SMILES string of the molecule is Cc1ccc(C(=O)O)cc1Oc1nc[nH]c(=O)c1N. The van der Waals surface area contributed by atoms with Gasteiger partial charge in [-0.2, -0.15) is 0 Å². The second-order valence-corrected chi connectivity index (χ2v) is 3.84. The third kappa shape index (κ3) is 2.54. The molecule has 0 saturated heterocycles. The number of benzene rings is 1. The van der Waals surface area contributed by atoms with Crippen LogP contribution in [0.3, 0.4) is 0 Å². The number of nitrogens with one attached hydrogen (secondary N) is 1. The van der Waals surface area contributed by atoms with E-state index >= 15 is 0 Å². The van der Waals surface area contributed by atoms with Gasteiger partial charge < -0.3 is 20.6 Å². The summed E-state index contributed by atoms with van der Waals surface area (Å²) in [4.78, 5) is 28.3. The van der Waals surface area contributed by atoms with Crippen molar-refractivity contribution in [3.8, 4) is 11.6 Å². The van der Waals surface area contributed by atoms with Crippen molar-refractivity contribution in [2.45, 2.75) is 6.92 Å². The quantitative estimate of drug-likeness (QED) is 0.762. The minimum absolute atomic E-state index is 0.0608. The van der Waals surface area contributed by atoms with Crippen LogP contribution in [0.25, 0.3) is 0 Å². The first kappa shape index (κ1) is 12.6. The summed E-state index contributed by atoms with van der Waals surface area (Å²) >= 11 is 0. The summed E-state index contributed by atoms with van der Waals surface area (Å²) in [6.07, 6.45) is 1.16. The largest absolute Gasteiger partial charge is 0.478 e. The maximum Gasteiger partial charge on any atom is 0.335 e. The minimum atomic E-state index is -1.07. The Hall–Kier alpha value is -2.83. The number of anilines is 1. The highest BCUT2D eigenvalue weighted by Crippen LogP contribution is 2.26. The maximum absolute atomic E-state index is 11.3. The molecule has 0 unspecified atom stereocenters. The van der Waals surface area contributed by atoms with Crippen molar-refractivity contribution in [2.24, 2.45) is 0 Å². The molecule has 19 heavy (non-hydrogen) atoms. The van der Waals surface area contributed by atoms with Gasteiger partial charge in [0, 0.05) is 0 Å². The molecule has 2 aromatic rings. The fourth-order valence-corrected chi connectivity index (χ4v) is 1.42. The van der Waals surface area contributed by atoms with Gasteiger partial charge in [-0.25, -0.2) is 9.78 Å². The van der Waals surface area contributed by atoms with Gasteiger partial charge >= 0.3 is 5.97 Å². The van der Waals surface area contributed by atoms with Gasteiger partial charge in [-0.1, -0.05) is 6.07 Å². The number of nitrogen functional groups attached to an aromatic ring is 1. The normalized spacial score (nSPS) is 10.2. The van der Waals surface area contributed by atoms with Gasteiger partial charge in [-0.15, -0.1) is 0 Å². The smallest absolute Gasteiger partial charge is 0.335 e. The van der Waals surface area contributed by atoms with Crippen molar-refractivity contribution >= 4 is 11.7 Å². The molecule has 2 rings (SSSR count). The molecular formula is C12H11N3O4. The van der Waals surface area contributed by atoms with Gasteiger partial charge in [0.25, 0.3) is 5.56 Å². The number of rotatable bonds is 3. The predicted octanol–water partition coefficient (Wildman–Crippen LogP) is 1.15. The summed E-state index contributed by atoms with van der Waals surface area (Å²) in [6, 6.07) is 4.40. The maximum atomic E-state index is 11.3. The molecule has 0 fully saturated rings. The number of nitrogens with two attached hydrogens (primary N) is 1. The number of aromatic carboxylic acids is 1. The lowest BCUT2D eigenvalue weighted by atomic mass is 10.1. The van der Waals surface area contributed by atoms with E-state index < -0.39 is 11.5 Å². The van der Waals surface area contributed by atoms with Crippen LogP contribution in [0, 0.1) is 6.92 Å². The van der Waals surface area contributed by atoms with Crippen LogP contribution >= 0.6 is 0 Å². The zero-order valence-electron chi connectivity index (χ0n) is 10.0. The Balaban J connectivity index is 2.43. The molecule has 7 heteroatoms. The van der Waals surface area contributed by atoms with Crippen molar-refractivity contribution < 1.29 is 14.6 Å². The summed E-state index contributed by atoms with van der Waals surface area (Å²) in [5.41, 5.74) is 5.62. The standard InChI is InChI=1S/C12H11N3O4/c1-6-2-3-7(12(17)18)4-8(6)19-11-9(13)10(16)14-5-15-11/h2-5H,13H2,1H3,(H,17,18)(H,14,15,16). The Morgan fingerprint density at radius 1 is 1.47 bits per heavy atom. The monoisotopic (exact) mass is 261 g/mol. The van der Waals surface area contributed by atoms with E-state index in [1.807, 2.05) is 0 Å². The van der Waals surface area contributed by atoms with E-state index in [1.54, 1.807) is 13.0 Å². The molecule has 1 aromatic heterocycles. The number of carbonyl (C=O) groups is 1. The Kier molecular flexibility index (Phi) is 3.19. The lowest BCUT2D eigenvalue weighted by Gasteiger charge is -2.09. The second-order valence-electron chi connectivity index (χ2n) is 3.84. The van der Waals surface area contributed by atoms with Crippen molar-refractivity contribution in [3.05, 3.63) is 46.0 Å². The molecule has 0 aliphatic carbocycles. The zero-order chi connectivity index (χ0) is 14.0. The average molecular weight is 261 g/mol. The van der Waals surface area contributed by atoms with Crippen LogP contribution in [-0.2, 0) is 0 Å². The van der Waals surface area contributed by atoms with Crippen molar-refractivity contribution in [2.75, 3.05) is 5.73 Å². The third-order valence-corrected chi connectivity index (χ3v) is 2.49. The predicted molar refractivity (Wildman–Crippen MR) is 67.5 cm³/mol. The van der Waals surface area contributed by atoms with Gasteiger partial charge in [0.05, 0.1) is 11.9 Å². The molecule has 4 N–H and O–H groups in total. The van der Waals surface area contributed by atoms with E-state index in [4.69, 9.17) is 15.6 Å². The van der Waals surface area contributed by atoms with Crippen LogP contribution in [0.2, 0.25) is 0 Å². The van der Waals surface area contributed by atoms with E-state index in [-0.39, 0.29) is 22.9 Å². The number of H-pyrrole nitrogens is 1. The molecular weight excluding hydrogens is 250 g/mol. The molecule has 0 aliphatic rings. The lowest BCUT2D eigenvalue weighted by molar-refractivity contribution is 0.0696. The second kappa shape index (κ2) is 4.81. The molecule has 7 nitrogen and oxygen atoms in total. The summed E-state index contributed by atoms with van der Waals surface area (Å²) in [6.45, 7) is 1.74. The molecule has 0 bridgehead atoms. The van der Waals surface area contributed by atoms with Gasteiger partial charge in [0.1, 0.15) is 5.75 Å². The number of carboxylic acid groups (broad SMARTS) is 1. The van der Waals surface area contributed by atoms with Crippen molar-refractivity contribution in [1.29, 1.82) is 0 Å². The fourth-order valence-electron chi connectivity index (χ4n) is 1.42. The number of aryl methyl sites for hydroxylation is 1. The first-order valence-corrected chi connectivity index (χ1v) is 5.34. The number of ether oxygens (including phenoxy) is 1. The highest BCUT2D eigenvalue weighted by molar-refractivity contribution is 5.88. The van der Waals surface area contributed by atoms with Crippen LogP contribution in [0.1, 0.15) is 15.9 Å². The molecule has 0 aliphatic heterocycles. The van der Waals surface area contributed by atoms with Crippen molar-refractivity contribution in [3.63, 3.8) is 0 Å². The topological polar surface area (TPSA) is 118 Å². The van der Waals surface area contributed by atoms with Crippen LogP contribution in [-0.4, -0.2) is 21.0 Å². The number of hydrogen-bond donors (Lipinski definition) is 3. The van der Waals surface area contributed by atoms with Crippen LogP contribution in [0.15, 0.2) is 29.3 Å². The first-order chi connectivity index (χ1) is 8.99. The highest BCUT2D eigenvalue weighted by Gasteiger charge is 2.11. The number of hydrogen-bond acceptors (Lipinski definition) is 5. The van der Waals surface area contributed by atoms with Gasteiger partial charge in [-0.3, -0.25) is 4.79 Å². The van der Waals surface area contributed by atoms with Crippen LogP contribution in [0.4, 0.5) is 5.69 Å². The average Bonchev–Trinajstić information content (AvgIpc) is 2.37. The number of carboxylic acids is 1. The molecule has 0 spiro atoms. The Morgan fingerprint density at radius 3 is 2.89 bits per heavy atom. The van der Waals surface area contributed by atoms with E-state index in [0.29, 0.717) is 5.56 Å². The van der Waals surface area contributed by atoms with Gasteiger partial charge in [-0.05, 0) is 24.6 Å². The molecule has 1 aromatic carbocycles. The fraction of sp³-hybridized carbons (Fsp3) is 0.0833. The summed E-state index contributed by atoms with van der Waals surface area (Å²) in [5.74, 6) is -0.851. The minimum Gasteiger partial charge on any atom is -0.478 e. The number of aromatic nitrogens is 2. The van der Waals surface area contributed by atoms with E-state index in [9.17, 15) is 9.59 Å². The Morgan fingerprint density at radius 2 is 2.21 bits per heavy atom. The third-order valence-electron chi connectivity index (χ3n) is 2.49. The van der Waals surface area contributed by atoms with Crippen molar-refractivity contribution in [1.82, 2.24) is 9.97 Å². The van der Waals surface area contributed by atoms with Crippen LogP contribution in [0.5, 0.6) is 11.6 Å². The summed E-state index contributed by atoms with van der Waals surface area (Å²) in [7, 11) is 0. The number of aromatic amines is 1. The molecule has 98 valence electrons. The van der Waals surface area contributed by atoms with Gasteiger partial charge in [0.2, 0.25) is 5.88 Å². The van der Waals surface area contributed by atoms with E-state index in [2.05, 4.69) is 9.97 Å². The first-order valence-electron chi connectivity index (χ1n) is 5.34. The zero-order valence-corrected chi connectivity index (χ0v) is 10.0. The van der Waals surface area contributed by atoms with E-state index in [0.717, 1.165) is 6.33 Å². The lowest BCUT2D eigenvalue weighted by Crippen LogP contribution is -2.13. The molecule has 1 heterocycles. The highest BCUT2D eigenvalue weighted by atomic mass is 16.5.